The van der Waals surface area contributed by atoms with Gasteiger partial charge in [0.2, 0.25) is 0 Å². The van der Waals surface area contributed by atoms with E-state index in [4.69, 9.17) is 9.47 Å². The number of methoxy groups -OCH3 is 1. The molecule has 0 unspecified atom stereocenters. The summed E-state index contributed by atoms with van der Waals surface area (Å²) in [5.41, 5.74) is 3.67. The molecule has 0 bridgehead atoms. The number of carbonyl (C=O) groups is 2. The number of nitrogens with zero attached hydrogens (tertiary/aromatic N) is 1. The van der Waals surface area contributed by atoms with E-state index in [1.54, 1.807) is 19.1 Å². The van der Waals surface area contributed by atoms with E-state index in [1.807, 2.05) is 43.3 Å². The van der Waals surface area contributed by atoms with Crippen molar-refractivity contribution in [1.82, 2.24) is 4.98 Å². The number of aromatic nitrogens is 1. The highest BCUT2D eigenvalue weighted by molar-refractivity contribution is 6.02. The number of esters is 2. The lowest BCUT2D eigenvalue weighted by Gasteiger charge is -2.12. The molecule has 0 N–H and O–H groups in total. The Bertz CT molecular complexity index is 980. The van der Waals surface area contributed by atoms with Crippen molar-refractivity contribution in [3.05, 3.63) is 65.4 Å². The van der Waals surface area contributed by atoms with Gasteiger partial charge in [0.1, 0.15) is 0 Å². The maximum Gasteiger partial charge on any atom is 0.357 e. The number of fused-ring (bicyclic) bond motifs is 1. The van der Waals surface area contributed by atoms with Gasteiger partial charge in [-0.2, -0.15) is 0 Å². The summed E-state index contributed by atoms with van der Waals surface area (Å²) in [4.78, 5) is 28.9. The normalized spacial score (nSPS) is 10.6. The van der Waals surface area contributed by atoms with Gasteiger partial charge in [0.25, 0.3) is 0 Å². The molecule has 0 radical (unpaired) electrons. The predicted octanol–water partition coefficient (Wildman–Crippen LogP) is 4.17. The molecule has 5 nitrogen and oxygen atoms in total. The first-order valence-electron chi connectivity index (χ1n) is 8.31. The van der Waals surface area contributed by atoms with Gasteiger partial charge in [-0.25, -0.2) is 14.6 Å². The Balaban J connectivity index is 2.29. The molecule has 5 heteroatoms. The first-order chi connectivity index (χ1) is 12.5. The average molecular weight is 349 g/mol. The van der Waals surface area contributed by atoms with Crippen LogP contribution in [0.2, 0.25) is 0 Å². The van der Waals surface area contributed by atoms with Gasteiger partial charge in [0.15, 0.2) is 5.69 Å². The average Bonchev–Trinajstić information content (AvgIpc) is 2.67. The fraction of sp³-hybridized carbons (Fsp3) is 0.190. The van der Waals surface area contributed by atoms with E-state index in [9.17, 15) is 9.59 Å². The lowest BCUT2D eigenvalue weighted by atomic mass is 9.98. The molecule has 1 aromatic heterocycles. The maximum atomic E-state index is 12.5. The number of carbonyl (C=O) groups excluding carboxylic acids is 2. The highest BCUT2D eigenvalue weighted by Gasteiger charge is 2.19. The summed E-state index contributed by atoms with van der Waals surface area (Å²) in [5, 5.41) is 0.761. The number of rotatable bonds is 4. The van der Waals surface area contributed by atoms with E-state index in [0.717, 1.165) is 16.5 Å². The van der Waals surface area contributed by atoms with Crippen LogP contribution in [-0.2, 0) is 9.47 Å². The summed E-state index contributed by atoms with van der Waals surface area (Å²) < 4.78 is 10.00. The molecule has 0 saturated carbocycles. The number of hydrogen-bond donors (Lipinski definition) is 0. The summed E-state index contributed by atoms with van der Waals surface area (Å²) >= 11 is 0. The topological polar surface area (TPSA) is 65.5 Å². The quantitative estimate of drug-likeness (QED) is 0.661. The third-order valence-electron chi connectivity index (χ3n) is 4.08. The molecule has 0 aliphatic rings. The summed E-state index contributed by atoms with van der Waals surface area (Å²) in [6.45, 7) is 3.88. The van der Waals surface area contributed by atoms with Crippen LogP contribution in [0.4, 0.5) is 0 Å². The second-order valence-corrected chi connectivity index (χ2v) is 5.83. The van der Waals surface area contributed by atoms with Gasteiger partial charge in [-0.05, 0) is 43.2 Å². The van der Waals surface area contributed by atoms with Gasteiger partial charge in [0.05, 0.1) is 24.8 Å². The molecule has 0 saturated heterocycles. The van der Waals surface area contributed by atoms with Crippen molar-refractivity contribution in [3.63, 3.8) is 0 Å². The van der Waals surface area contributed by atoms with Crippen LogP contribution in [0.25, 0.3) is 22.0 Å². The fourth-order valence-electron chi connectivity index (χ4n) is 2.89. The van der Waals surface area contributed by atoms with Crippen molar-refractivity contribution in [1.29, 1.82) is 0 Å². The van der Waals surface area contributed by atoms with Crippen molar-refractivity contribution in [2.45, 2.75) is 13.8 Å². The monoisotopic (exact) mass is 349 g/mol. The van der Waals surface area contributed by atoms with Crippen molar-refractivity contribution in [2.75, 3.05) is 13.7 Å². The molecule has 0 spiro atoms. The SMILES string of the molecule is CCOC(=O)c1nc2c(C)cc(C(=O)OC)cc2cc1-c1ccccc1. The molecule has 0 atom stereocenters. The number of benzene rings is 2. The highest BCUT2D eigenvalue weighted by Crippen LogP contribution is 2.29. The first-order valence-corrected chi connectivity index (χ1v) is 8.31. The van der Waals surface area contributed by atoms with Crippen molar-refractivity contribution in [3.8, 4) is 11.1 Å². The molecule has 0 fully saturated rings. The van der Waals surface area contributed by atoms with Crippen molar-refractivity contribution in [2.24, 2.45) is 0 Å². The van der Waals surface area contributed by atoms with Gasteiger partial charge >= 0.3 is 11.9 Å². The lowest BCUT2D eigenvalue weighted by molar-refractivity contribution is 0.0520. The van der Waals surface area contributed by atoms with Crippen LogP contribution in [-0.4, -0.2) is 30.6 Å². The van der Waals surface area contributed by atoms with Crippen LogP contribution in [0.15, 0.2) is 48.5 Å². The summed E-state index contributed by atoms with van der Waals surface area (Å²) in [5.74, 6) is -0.879. The van der Waals surface area contributed by atoms with Gasteiger partial charge < -0.3 is 9.47 Å². The fourth-order valence-corrected chi connectivity index (χ4v) is 2.89. The van der Waals surface area contributed by atoms with Crippen LogP contribution >= 0.6 is 0 Å². The van der Waals surface area contributed by atoms with Gasteiger partial charge in [-0.1, -0.05) is 30.3 Å². The van der Waals surface area contributed by atoms with Gasteiger partial charge in [-0.15, -0.1) is 0 Å². The molecule has 3 aromatic rings. The second-order valence-electron chi connectivity index (χ2n) is 5.83. The molecule has 0 aliphatic carbocycles. The molecule has 0 aliphatic heterocycles. The number of ether oxygens (including phenoxy) is 2. The van der Waals surface area contributed by atoms with E-state index in [0.29, 0.717) is 16.6 Å². The Morgan fingerprint density at radius 1 is 1.04 bits per heavy atom. The Labute approximate surface area is 151 Å². The van der Waals surface area contributed by atoms with Crippen LogP contribution in [0.3, 0.4) is 0 Å². The third kappa shape index (κ3) is 3.28. The minimum Gasteiger partial charge on any atom is -0.465 e. The van der Waals surface area contributed by atoms with Crippen LogP contribution in [0.5, 0.6) is 0 Å². The largest absolute Gasteiger partial charge is 0.465 e. The Kier molecular flexibility index (Phi) is 4.98. The number of pyridine rings is 1. The summed E-state index contributed by atoms with van der Waals surface area (Å²) in [7, 11) is 1.35. The minimum atomic E-state index is -0.468. The Morgan fingerprint density at radius 3 is 2.42 bits per heavy atom. The first kappa shape index (κ1) is 17.6. The molecule has 26 heavy (non-hydrogen) atoms. The van der Waals surface area contributed by atoms with Gasteiger partial charge in [-0.3, -0.25) is 0 Å². The van der Waals surface area contributed by atoms with Crippen LogP contribution < -0.4 is 0 Å². The Hall–Kier alpha value is -3.21. The van der Waals surface area contributed by atoms with Crippen LogP contribution in [0, 0.1) is 6.92 Å². The smallest absolute Gasteiger partial charge is 0.357 e. The lowest BCUT2D eigenvalue weighted by Crippen LogP contribution is -2.10. The van der Waals surface area contributed by atoms with Crippen LogP contribution in [0.1, 0.15) is 33.3 Å². The molecule has 2 aromatic carbocycles. The molecule has 1 heterocycles. The molecule has 132 valence electrons. The summed E-state index contributed by atoms with van der Waals surface area (Å²) in [6, 6.07) is 14.8. The van der Waals surface area contributed by atoms with Crippen molar-refractivity contribution < 1.29 is 19.1 Å². The number of aryl methyl sites for hydroxylation is 1. The molecular formula is C21H19NO4. The van der Waals surface area contributed by atoms with Crippen molar-refractivity contribution >= 4 is 22.8 Å². The zero-order valence-electron chi connectivity index (χ0n) is 14.9. The summed E-state index contributed by atoms with van der Waals surface area (Å²) in [6.07, 6.45) is 0. The third-order valence-corrected chi connectivity index (χ3v) is 4.08. The molecule has 3 rings (SSSR count). The molecule has 0 amide bonds. The second kappa shape index (κ2) is 7.35. The minimum absolute atomic E-state index is 0.263. The predicted molar refractivity (Wildman–Crippen MR) is 99.2 cm³/mol. The van der Waals surface area contributed by atoms with E-state index in [2.05, 4.69) is 4.98 Å². The maximum absolute atomic E-state index is 12.5. The van der Waals surface area contributed by atoms with E-state index >= 15 is 0 Å². The standard InChI is InChI=1S/C21H19NO4/c1-4-26-21(24)19-17(14-8-6-5-7-9-14)12-15-11-16(20(23)25-3)10-13(2)18(15)22-19/h5-12H,4H2,1-3H3. The van der Waals surface area contributed by atoms with E-state index in [1.165, 1.54) is 7.11 Å². The Morgan fingerprint density at radius 2 is 1.77 bits per heavy atom. The molecular weight excluding hydrogens is 330 g/mol. The number of hydrogen-bond acceptors (Lipinski definition) is 5. The van der Waals surface area contributed by atoms with E-state index < -0.39 is 11.9 Å². The zero-order chi connectivity index (χ0) is 18.7. The highest BCUT2D eigenvalue weighted by atomic mass is 16.5. The van der Waals surface area contributed by atoms with E-state index in [-0.39, 0.29) is 12.3 Å². The van der Waals surface area contributed by atoms with Gasteiger partial charge in [0, 0.05) is 10.9 Å². The zero-order valence-corrected chi connectivity index (χ0v) is 14.9.